The summed E-state index contributed by atoms with van der Waals surface area (Å²) in [5.74, 6) is 2.61. The first-order valence-electron chi connectivity index (χ1n) is 6.96. The highest BCUT2D eigenvalue weighted by atomic mass is 15.1. The van der Waals surface area contributed by atoms with Crippen molar-refractivity contribution in [3.8, 4) is 0 Å². The molecule has 1 rings (SSSR count). The second-order valence-electron chi connectivity index (χ2n) is 6.02. The summed E-state index contributed by atoms with van der Waals surface area (Å²) in [6, 6.07) is 0.787. The van der Waals surface area contributed by atoms with Crippen LogP contribution < -0.4 is 5.73 Å². The van der Waals surface area contributed by atoms with Gasteiger partial charge >= 0.3 is 0 Å². The van der Waals surface area contributed by atoms with Crippen LogP contribution in [0.2, 0.25) is 0 Å². The van der Waals surface area contributed by atoms with E-state index >= 15 is 0 Å². The molecule has 0 bridgehead atoms. The predicted molar refractivity (Wildman–Crippen MR) is 71.4 cm³/mol. The van der Waals surface area contributed by atoms with Crippen molar-refractivity contribution in [2.75, 3.05) is 20.1 Å². The Morgan fingerprint density at radius 3 is 2.56 bits per heavy atom. The van der Waals surface area contributed by atoms with E-state index in [2.05, 4.69) is 32.7 Å². The topological polar surface area (TPSA) is 29.3 Å². The number of hydrogen-bond donors (Lipinski definition) is 1. The van der Waals surface area contributed by atoms with Gasteiger partial charge in [0.1, 0.15) is 0 Å². The molecule has 2 nitrogen and oxygen atoms in total. The lowest BCUT2D eigenvalue weighted by atomic mass is 9.73. The molecule has 3 unspecified atom stereocenters. The molecule has 0 aromatic carbocycles. The number of hydrogen-bond acceptors (Lipinski definition) is 2. The van der Waals surface area contributed by atoms with Crippen LogP contribution in [0.15, 0.2) is 0 Å². The molecular weight excluding hydrogens is 196 g/mol. The molecule has 1 aliphatic carbocycles. The molecular formula is C14H30N2. The summed E-state index contributed by atoms with van der Waals surface area (Å²) in [5.41, 5.74) is 5.60. The fourth-order valence-corrected chi connectivity index (χ4v) is 3.17. The maximum atomic E-state index is 5.60. The highest BCUT2D eigenvalue weighted by molar-refractivity contribution is 4.86. The Morgan fingerprint density at radius 1 is 1.31 bits per heavy atom. The van der Waals surface area contributed by atoms with E-state index in [-0.39, 0.29) is 0 Å². The highest BCUT2D eigenvalue weighted by Gasteiger charge is 2.32. The Bertz CT molecular complexity index is 191. The van der Waals surface area contributed by atoms with Crippen LogP contribution in [0.3, 0.4) is 0 Å². The van der Waals surface area contributed by atoms with Crippen LogP contribution in [0.1, 0.15) is 46.5 Å². The second-order valence-corrected chi connectivity index (χ2v) is 6.02. The molecule has 2 heteroatoms. The Kier molecular flexibility index (Phi) is 5.77. The molecule has 1 fully saturated rings. The molecule has 0 aliphatic heterocycles. The zero-order valence-electron chi connectivity index (χ0n) is 11.6. The first kappa shape index (κ1) is 14.0. The normalized spacial score (nSPS) is 31.3. The van der Waals surface area contributed by atoms with Gasteiger partial charge in [0.15, 0.2) is 0 Å². The van der Waals surface area contributed by atoms with Gasteiger partial charge < -0.3 is 10.6 Å². The molecule has 96 valence electrons. The standard InChI is InChI=1S/C14H30N2/c1-11(2)13-7-6-12(3)10-14(13)16(4)9-5-8-15/h11-14H,5-10,15H2,1-4H3. The Balaban J connectivity index is 2.56. The molecule has 3 atom stereocenters. The predicted octanol–water partition coefficient (Wildman–Crippen LogP) is 2.73. The van der Waals surface area contributed by atoms with Crippen LogP contribution >= 0.6 is 0 Å². The maximum Gasteiger partial charge on any atom is 0.0125 e. The van der Waals surface area contributed by atoms with Crippen molar-refractivity contribution in [1.82, 2.24) is 4.90 Å². The first-order valence-corrected chi connectivity index (χ1v) is 6.96. The molecule has 16 heavy (non-hydrogen) atoms. The summed E-state index contributed by atoms with van der Waals surface area (Å²) in [6.45, 7) is 9.14. The lowest BCUT2D eigenvalue weighted by Crippen LogP contribution is -2.44. The van der Waals surface area contributed by atoms with E-state index in [4.69, 9.17) is 5.73 Å². The fraction of sp³-hybridized carbons (Fsp3) is 1.00. The highest BCUT2D eigenvalue weighted by Crippen LogP contribution is 2.35. The largest absolute Gasteiger partial charge is 0.330 e. The van der Waals surface area contributed by atoms with Crippen molar-refractivity contribution >= 4 is 0 Å². The summed E-state index contributed by atoms with van der Waals surface area (Å²) in [5, 5.41) is 0. The third kappa shape index (κ3) is 3.74. The number of nitrogens with two attached hydrogens (primary N) is 1. The van der Waals surface area contributed by atoms with Gasteiger partial charge in [-0.15, -0.1) is 0 Å². The lowest BCUT2D eigenvalue weighted by molar-refractivity contribution is 0.0777. The Labute approximate surface area is 102 Å². The zero-order chi connectivity index (χ0) is 12.1. The van der Waals surface area contributed by atoms with Gasteiger partial charge in [0.25, 0.3) is 0 Å². The molecule has 0 saturated heterocycles. The smallest absolute Gasteiger partial charge is 0.0125 e. The number of rotatable bonds is 5. The summed E-state index contributed by atoms with van der Waals surface area (Å²) in [4.78, 5) is 2.56. The van der Waals surface area contributed by atoms with Crippen molar-refractivity contribution in [2.24, 2.45) is 23.5 Å². The minimum Gasteiger partial charge on any atom is -0.330 e. The molecule has 0 radical (unpaired) electrons. The number of nitrogens with zero attached hydrogens (tertiary/aromatic N) is 1. The molecule has 0 spiro atoms. The van der Waals surface area contributed by atoms with E-state index in [0.717, 1.165) is 43.3 Å². The average Bonchev–Trinajstić information content (AvgIpc) is 2.25. The van der Waals surface area contributed by atoms with Crippen molar-refractivity contribution in [2.45, 2.75) is 52.5 Å². The quantitative estimate of drug-likeness (QED) is 0.781. The van der Waals surface area contributed by atoms with Crippen molar-refractivity contribution in [1.29, 1.82) is 0 Å². The van der Waals surface area contributed by atoms with Gasteiger partial charge in [-0.1, -0.05) is 27.2 Å². The van der Waals surface area contributed by atoms with Crippen molar-refractivity contribution in [3.63, 3.8) is 0 Å². The van der Waals surface area contributed by atoms with E-state index in [1.54, 1.807) is 0 Å². The van der Waals surface area contributed by atoms with Gasteiger partial charge in [0.2, 0.25) is 0 Å². The molecule has 0 aromatic rings. The van der Waals surface area contributed by atoms with Gasteiger partial charge in [0, 0.05) is 6.04 Å². The second kappa shape index (κ2) is 6.61. The van der Waals surface area contributed by atoms with Gasteiger partial charge in [-0.25, -0.2) is 0 Å². The molecule has 1 saturated carbocycles. The van der Waals surface area contributed by atoms with E-state index in [1.165, 1.54) is 19.3 Å². The van der Waals surface area contributed by atoms with Crippen LogP contribution in [0.4, 0.5) is 0 Å². The minimum atomic E-state index is 0.787. The van der Waals surface area contributed by atoms with Gasteiger partial charge in [-0.2, -0.15) is 0 Å². The van der Waals surface area contributed by atoms with Gasteiger partial charge in [-0.05, 0) is 57.2 Å². The SMILES string of the molecule is CC1CCC(C(C)C)C(N(C)CCCN)C1. The molecule has 0 aromatic heterocycles. The van der Waals surface area contributed by atoms with Crippen molar-refractivity contribution < 1.29 is 0 Å². The van der Waals surface area contributed by atoms with Crippen LogP contribution in [0, 0.1) is 17.8 Å². The molecule has 1 aliphatic rings. The molecule has 0 heterocycles. The van der Waals surface area contributed by atoms with E-state index in [1.807, 2.05) is 0 Å². The lowest BCUT2D eigenvalue weighted by Gasteiger charge is -2.42. The summed E-state index contributed by atoms with van der Waals surface area (Å²) >= 11 is 0. The Morgan fingerprint density at radius 2 is 2.00 bits per heavy atom. The van der Waals surface area contributed by atoms with Crippen LogP contribution in [-0.4, -0.2) is 31.1 Å². The zero-order valence-corrected chi connectivity index (χ0v) is 11.6. The van der Waals surface area contributed by atoms with E-state index in [0.29, 0.717) is 0 Å². The van der Waals surface area contributed by atoms with E-state index in [9.17, 15) is 0 Å². The molecule has 2 N–H and O–H groups in total. The third-order valence-electron chi connectivity index (χ3n) is 4.27. The average molecular weight is 226 g/mol. The van der Waals surface area contributed by atoms with Crippen LogP contribution in [0.5, 0.6) is 0 Å². The molecule has 0 amide bonds. The van der Waals surface area contributed by atoms with Crippen LogP contribution in [-0.2, 0) is 0 Å². The first-order chi connectivity index (χ1) is 7.56. The monoisotopic (exact) mass is 226 g/mol. The summed E-state index contributed by atoms with van der Waals surface area (Å²) in [6.07, 6.45) is 5.34. The van der Waals surface area contributed by atoms with Gasteiger partial charge in [0.05, 0.1) is 0 Å². The van der Waals surface area contributed by atoms with Crippen molar-refractivity contribution in [3.05, 3.63) is 0 Å². The van der Waals surface area contributed by atoms with Crippen LogP contribution in [0.25, 0.3) is 0 Å². The maximum absolute atomic E-state index is 5.60. The van der Waals surface area contributed by atoms with Gasteiger partial charge in [-0.3, -0.25) is 0 Å². The summed E-state index contributed by atoms with van der Waals surface area (Å²) < 4.78 is 0. The fourth-order valence-electron chi connectivity index (χ4n) is 3.17. The Hall–Kier alpha value is -0.0800. The van der Waals surface area contributed by atoms with E-state index < -0.39 is 0 Å². The third-order valence-corrected chi connectivity index (χ3v) is 4.27. The summed E-state index contributed by atoms with van der Waals surface area (Å²) in [7, 11) is 2.29. The minimum absolute atomic E-state index is 0.787.